The number of hydrogen-bond donors (Lipinski definition) is 1. The average Bonchev–Trinajstić information content (AvgIpc) is 2.95. The van der Waals surface area contributed by atoms with Gasteiger partial charge in [0, 0.05) is 18.0 Å². The highest BCUT2D eigenvalue weighted by Crippen LogP contribution is 2.23. The lowest BCUT2D eigenvalue weighted by Crippen LogP contribution is -2.35. The standard InChI is InChI=1S/C15H19ClF2N2O/c16-12-5-3-4-11(10-12)14(15(17)18)19-13(21)6-9-20-7-1-2-8-20/h3-5,10,14-15H,1-2,6-9H2,(H,19,21)/t14-/m0/s1. The summed E-state index contributed by atoms with van der Waals surface area (Å²) in [6.45, 7) is 2.59. The van der Waals surface area contributed by atoms with Gasteiger partial charge in [-0.1, -0.05) is 23.7 Å². The van der Waals surface area contributed by atoms with Gasteiger partial charge in [-0.25, -0.2) is 8.78 Å². The van der Waals surface area contributed by atoms with E-state index in [9.17, 15) is 13.6 Å². The number of likely N-dealkylation sites (tertiary alicyclic amines) is 1. The Labute approximate surface area is 128 Å². The molecule has 21 heavy (non-hydrogen) atoms. The second-order valence-corrected chi connectivity index (χ2v) is 5.67. The Hall–Kier alpha value is -1.20. The van der Waals surface area contributed by atoms with E-state index in [4.69, 9.17) is 11.6 Å². The van der Waals surface area contributed by atoms with Crippen molar-refractivity contribution in [2.45, 2.75) is 31.7 Å². The van der Waals surface area contributed by atoms with E-state index in [0.717, 1.165) is 25.9 Å². The quantitative estimate of drug-likeness (QED) is 0.874. The van der Waals surface area contributed by atoms with Gasteiger partial charge in [0.05, 0.1) is 0 Å². The predicted octanol–water partition coefficient (Wildman–Crippen LogP) is 3.25. The molecule has 1 heterocycles. The van der Waals surface area contributed by atoms with Gasteiger partial charge in [0.15, 0.2) is 0 Å². The summed E-state index contributed by atoms with van der Waals surface area (Å²) in [6, 6.07) is 4.91. The van der Waals surface area contributed by atoms with Gasteiger partial charge in [0.2, 0.25) is 5.91 Å². The monoisotopic (exact) mass is 316 g/mol. The lowest BCUT2D eigenvalue weighted by molar-refractivity contribution is -0.123. The van der Waals surface area contributed by atoms with Gasteiger partial charge < -0.3 is 10.2 Å². The minimum absolute atomic E-state index is 0.240. The highest BCUT2D eigenvalue weighted by atomic mass is 35.5. The van der Waals surface area contributed by atoms with Gasteiger partial charge in [-0.05, 0) is 43.6 Å². The lowest BCUT2D eigenvalue weighted by Gasteiger charge is -2.20. The van der Waals surface area contributed by atoms with Gasteiger partial charge >= 0.3 is 0 Å². The van der Waals surface area contributed by atoms with Crippen LogP contribution in [0.2, 0.25) is 5.02 Å². The molecular weight excluding hydrogens is 298 g/mol. The molecule has 1 aliphatic rings. The number of rotatable bonds is 6. The van der Waals surface area contributed by atoms with Crippen LogP contribution in [0.15, 0.2) is 24.3 Å². The van der Waals surface area contributed by atoms with E-state index in [1.807, 2.05) is 0 Å². The van der Waals surface area contributed by atoms with Gasteiger partial charge in [0.25, 0.3) is 6.43 Å². The molecule has 2 rings (SSSR count). The Kier molecular flexibility index (Phi) is 5.94. The molecule has 0 bridgehead atoms. The van der Waals surface area contributed by atoms with Crippen LogP contribution in [0.1, 0.15) is 30.9 Å². The van der Waals surface area contributed by atoms with E-state index in [1.54, 1.807) is 18.2 Å². The lowest BCUT2D eigenvalue weighted by atomic mass is 10.1. The summed E-state index contributed by atoms with van der Waals surface area (Å²) in [7, 11) is 0. The summed E-state index contributed by atoms with van der Waals surface area (Å²) in [5.74, 6) is -0.354. The zero-order chi connectivity index (χ0) is 15.2. The molecule has 1 N–H and O–H groups in total. The Balaban J connectivity index is 1.91. The third-order valence-corrected chi connectivity index (χ3v) is 3.87. The number of hydrogen-bond acceptors (Lipinski definition) is 2. The van der Waals surface area contributed by atoms with Crippen molar-refractivity contribution in [3.63, 3.8) is 0 Å². The number of benzene rings is 1. The van der Waals surface area contributed by atoms with Crippen LogP contribution in [-0.4, -0.2) is 36.9 Å². The first-order chi connectivity index (χ1) is 10.1. The van der Waals surface area contributed by atoms with Gasteiger partial charge in [0.1, 0.15) is 6.04 Å². The highest BCUT2D eigenvalue weighted by Gasteiger charge is 2.24. The smallest absolute Gasteiger partial charge is 0.262 e. The number of nitrogens with zero attached hydrogens (tertiary/aromatic N) is 1. The van der Waals surface area contributed by atoms with Gasteiger partial charge in [-0.2, -0.15) is 0 Å². The van der Waals surface area contributed by atoms with Crippen LogP contribution in [0.5, 0.6) is 0 Å². The fourth-order valence-electron chi connectivity index (χ4n) is 2.50. The Morgan fingerprint density at radius 2 is 2.05 bits per heavy atom. The molecule has 1 amide bonds. The Morgan fingerprint density at radius 1 is 1.33 bits per heavy atom. The SMILES string of the molecule is O=C(CCN1CCCC1)N[C@@H](c1cccc(Cl)c1)C(F)F. The van der Waals surface area contributed by atoms with Gasteiger partial charge in [-0.3, -0.25) is 4.79 Å². The van der Waals surface area contributed by atoms with Crippen LogP contribution in [0.4, 0.5) is 8.78 Å². The molecule has 0 aliphatic carbocycles. The highest BCUT2D eigenvalue weighted by molar-refractivity contribution is 6.30. The van der Waals surface area contributed by atoms with E-state index in [1.165, 1.54) is 6.07 Å². The Bertz CT molecular complexity index is 478. The molecule has 0 unspecified atom stereocenters. The van der Waals surface area contributed by atoms with Crippen molar-refractivity contribution in [1.82, 2.24) is 10.2 Å². The van der Waals surface area contributed by atoms with E-state index in [2.05, 4.69) is 10.2 Å². The largest absolute Gasteiger partial charge is 0.344 e. The van der Waals surface area contributed by atoms with Crippen LogP contribution < -0.4 is 5.32 Å². The average molecular weight is 317 g/mol. The first kappa shape index (κ1) is 16.2. The third-order valence-electron chi connectivity index (χ3n) is 3.63. The maximum atomic E-state index is 13.1. The number of carbonyl (C=O) groups is 1. The Morgan fingerprint density at radius 3 is 2.67 bits per heavy atom. The van der Waals surface area contributed by atoms with Crippen molar-refractivity contribution in [3.8, 4) is 0 Å². The summed E-state index contributed by atoms with van der Waals surface area (Å²) in [5, 5.41) is 2.79. The van der Waals surface area contributed by atoms with Gasteiger partial charge in [-0.15, -0.1) is 0 Å². The molecule has 1 aliphatic heterocycles. The summed E-state index contributed by atoms with van der Waals surface area (Å²) in [5.41, 5.74) is 0.326. The van der Waals surface area contributed by atoms with Crippen LogP contribution in [0, 0.1) is 0 Å². The van der Waals surface area contributed by atoms with Crippen molar-refractivity contribution < 1.29 is 13.6 Å². The fraction of sp³-hybridized carbons (Fsp3) is 0.533. The number of carbonyl (C=O) groups excluding carboxylic acids is 1. The van der Waals surface area contributed by atoms with E-state index >= 15 is 0 Å². The molecule has 1 atom stereocenters. The van der Waals surface area contributed by atoms with Crippen LogP contribution in [0.25, 0.3) is 0 Å². The maximum absolute atomic E-state index is 13.1. The summed E-state index contributed by atoms with van der Waals surface area (Å²) < 4.78 is 26.3. The summed E-state index contributed by atoms with van der Waals surface area (Å²) >= 11 is 5.81. The summed E-state index contributed by atoms with van der Waals surface area (Å²) in [4.78, 5) is 14.0. The fourth-order valence-corrected chi connectivity index (χ4v) is 2.70. The molecule has 116 valence electrons. The van der Waals surface area contributed by atoms with E-state index in [0.29, 0.717) is 17.1 Å². The molecule has 1 aromatic rings. The molecular formula is C15H19ClF2N2O. The molecule has 1 fully saturated rings. The van der Waals surface area contributed by atoms with Crippen LogP contribution >= 0.6 is 11.6 Å². The summed E-state index contributed by atoms with van der Waals surface area (Å²) in [6.07, 6.45) is -0.142. The van der Waals surface area contributed by atoms with Crippen LogP contribution in [0.3, 0.4) is 0 Å². The minimum Gasteiger partial charge on any atom is -0.344 e. The third kappa shape index (κ3) is 4.93. The first-order valence-corrected chi connectivity index (χ1v) is 7.49. The zero-order valence-electron chi connectivity index (χ0n) is 11.7. The topological polar surface area (TPSA) is 32.3 Å². The normalized spacial score (nSPS) is 17.1. The molecule has 0 saturated carbocycles. The molecule has 0 aromatic heterocycles. The number of alkyl halides is 2. The van der Waals surface area contributed by atoms with E-state index in [-0.39, 0.29) is 12.3 Å². The van der Waals surface area contributed by atoms with Crippen LogP contribution in [-0.2, 0) is 4.79 Å². The minimum atomic E-state index is -2.67. The second-order valence-electron chi connectivity index (χ2n) is 5.23. The maximum Gasteiger partial charge on any atom is 0.262 e. The molecule has 6 heteroatoms. The van der Waals surface area contributed by atoms with Crippen molar-refractivity contribution in [2.24, 2.45) is 0 Å². The molecule has 1 saturated heterocycles. The molecule has 1 aromatic carbocycles. The van der Waals surface area contributed by atoms with Crippen molar-refractivity contribution >= 4 is 17.5 Å². The first-order valence-electron chi connectivity index (χ1n) is 7.11. The number of nitrogens with one attached hydrogen (secondary N) is 1. The number of amides is 1. The molecule has 3 nitrogen and oxygen atoms in total. The van der Waals surface area contributed by atoms with E-state index < -0.39 is 12.5 Å². The predicted molar refractivity (Wildman–Crippen MR) is 78.6 cm³/mol. The second kappa shape index (κ2) is 7.71. The van der Waals surface area contributed by atoms with Crippen molar-refractivity contribution in [3.05, 3.63) is 34.9 Å². The molecule has 0 spiro atoms. The zero-order valence-corrected chi connectivity index (χ0v) is 12.5. The van der Waals surface area contributed by atoms with Crippen molar-refractivity contribution in [1.29, 1.82) is 0 Å². The number of halogens is 3. The molecule has 0 radical (unpaired) electrons. The van der Waals surface area contributed by atoms with Crippen molar-refractivity contribution in [2.75, 3.05) is 19.6 Å².